The minimum atomic E-state index is 0.0437. The average molecular weight is 268 g/mol. The van der Waals surface area contributed by atoms with Gasteiger partial charge in [0, 0.05) is 18.9 Å². The lowest BCUT2D eigenvalue weighted by Crippen LogP contribution is -2.21. The zero-order chi connectivity index (χ0) is 14.9. The fraction of sp³-hybridized carbons (Fsp3) is 0.250. The van der Waals surface area contributed by atoms with Crippen molar-refractivity contribution in [1.29, 1.82) is 5.41 Å². The molecule has 4 nitrogen and oxygen atoms in total. The highest BCUT2D eigenvalue weighted by Gasteiger charge is 2.16. The molecule has 2 rings (SSSR count). The van der Waals surface area contributed by atoms with E-state index in [-0.39, 0.29) is 5.84 Å². The van der Waals surface area contributed by atoms with Crippen LogP contribution in [0.2, 0.25) is 0 Å². The van der Waals surface area contributed by atoms with Gasteiger partial charge in [-0.05, 0) is 44.0 Å². The molecule has 1 aromatic carbocycles. The lowest BCUT2D eigenvalue weighted by Gasteiger charge is -2.23. The van der Waals surface area contributed by atoms with Crippen LogP contribution in [0.25, 0.3) is 0 Å². The van der Waals surface area contributed by atoms with Crippen LogP contribution in [0.15, 0.2) is 30.5 Å². The predicted octanol–water partition coefficient (Wildman–Crippen LogP) is 3.06. The van der Waals surface area contributed by atoms with E-state index in [1.165, 1.54) is 11.1 Å². The van der Waals surface area contributed by atoms with E-state index in [2.05, 4.69) is 37.0 Å². The summed E-state index contributed by atoms with van der Waals surface area (Å²) in [5.74, 6) is 0.756. The first-order valence-corrected chi connectivity index (χ1v) is 6.52. The van der Waals surface area contributed by atoms with Gasteiger partial charge in [-0.15, -0.1) is 0 Å². The Morgan fingerprint density at radius 2 is 1.85 bits per heavy atom. The summed E-state index contributed by atoms with van der Waals surface area (Å²) in [5, 5.41) is 7.77. The van der Waals surface area contributed by atoms with Gasteiger partial charge in [0.05, 0.1) is 5.56 Å². The molecular formula is C16H20N4. The Morgan fingerprint density at radius 3 is 2.45 bits per heavy atom. The third kappa shape index (κ3) is 2.50. The number of aromatic nitrogens is 1. The van der Waals surface area contributed by atoms with Crippen molar-refractivity contribution in [2.75, 3.05) is 11.9 Å². The topological polar surface area (TPSA) is 66.0 Å². The summed E-state index contributed by atoms with van der Waals surface area (Å²) in [7, 11) is 1.95. The van der Waals surface area contributed by atoms with Crippen molar-refractivity contribution in [3.63, 3.8) is 0 Å². The summed E-state index contributed by atoms with van der Waals surface area (Å²) in [6, 6.07) is 8.14. The number of nitrogens with two attached hydrogens (primary N) is 1. The molecule has 0 unspecified atom stereocenters. The van der Waals surface area contributed by atoms with E-state index in [9.17, 15) is 0 Å². The van der Waals surface area contributed by atoms with E-state index in [1.54, 1.807) is 6.20 Å². The number of hydrogen-bond acceptors (Lipinski definition) is 3. The number of nitrogens with zero attached hydrogens (tertiary/aromatic N) is 2. The zero-order valence-corrected chi connectivity index (χ0v) is 12.4. The summed E-state index contributed by atoms with van der Waals surface area (Å²) >= 11 is 0. The molecule has 0 saturated carbocycles. The molecule has 20 heavy (non-hydrogen) atoms. The van der Waals surface area contributed by atoms with Gasteiger partial charge in [0.25, 0.3) is 0 Å². The second-order valence-electron chi connectivity index (χ2n) is 5.09. The van der Waals surface area contributed by atoms with E-state index < -0.39 is 0 Å². The molecule has 3 N–H and O–H groups in total. The molecule has 0 radical (unpaired) electrons. The largest absolute Gasteiger partial charge is 0.384 e. The normalized spacial score (nSPS) is 10.4. The highest BCUT2D eigenvalue weighted by atomic mass is 15.2. The van der Waals surface area contributed by atoms with E-state index in [0.717, 1.165) is 11.3 Å². The van der Waals surface area contributed by atoms with Gasteiger partial charge in [-0.1, -0.05) is 17.7 Å². The van der Waals surface area contributed by atoms with E-state index in [4.69, 9.17) is 11.1 Å². The van der Waals surface area contributed by atoms with Crippen LogP contribution >= 0.6 is 0 Å². The van der Waals surface area contributed by atoms with Crippen LogP contribution in [0, 0.1) is 26.2 Å². The fourth-order valence-corrected chi connectivity index (χ4v) is 2.43. The number of aryl methyl sites for hydroxylation is 3. The average Bonchev–Trinajstić information content (AvgIpc) is 2.37. The second kappa shape index (κ2) is 5.33. The highest BCUT2D eigenvalue weighted by Crippen LogP contribution is 2.29. The lowest BCUT2D eigenvalue weighted by atomic mass is 10.1. The van der Waals surface area contributed by atoms with Crippen LogP contribution < -0.4 is 10.6 Å². The summed E-state index contributed by atoms with van der Waals surface area (Å²) in [5.41, 5.74) is 10.8. The van der Waals surface area contributed by atoms with Crippen molar-refractivity contribution < 1.29 is 0 Å². The van der Waals surface area contributed by atoms with Crippen LogP contribution in [0.4, 0.5) is 11.5 Å². The highest BCUT2D eigenvalue weighted by molar-refractivity contribution is 6.01. The van der Waals surface area contributed by atoms with Crippen LogP contribution in [0.1, 0.15) is 22.3 Å². The predicted molar refractivity (Wildman–Crippen MR) is 84.0 cm³/mol. The molecule has 0 aliphatic heterocycles. The van der Waals surface area contributed by atoms with Gasteiger partial charge in [0.15, 0.2) is 0 Å². The van der Waals surface area contributed by atoms with Gasteiger partial charge in [-0.2, -0.15) is 0 Å². The smallest absolute Gasteiger partial charge is 0.143 e. The van der Waals surface area contributed by atoms with E-state index >= 15 is 0 Å². The minimum absolute atomic E-state index is 0.0437. The maximum absolute atomic E-state index is 7.77. The number of benzene rings is 1. The van der Waals surface area contributed by atoms with Crippen LogP contribution in [-0.4, -0.2) is 17.9 Å². The molecule has 0 saturated heterocycles. The van der Waals surface area contributed by atoms with Crippen molar-refractivity contribution >= 4 is 17.3 Å². The van der Waals surface area contributed by atoms with Gasteiger partial charge >= 0.3 is 0 Å². The molecule has 0 bridgehead atoms. The molecule has 1 heterocycles. The van der Waals surface area contributed by atoms with Crippen LogP contribution in [0.3, 0.4) is 0 Å². The number of anilines is 2. The van der Waals surface area contributed by atoms with Crippen LogP contribution in [0.5, 0.6) is 0 Å². The molecule has 104 valence electrons. The number of pyridine rings is 1. The molecule has 0 amide bonds. The van der Waals surface area contributed by atoms with Gasteiger partial charge in [-0.25, -0.2) is 4.98 Å². The number of hydrogen-bond donors (Lipinski definition) is 2. The maximum Gasteiger partial charge on any atom is 0.143 e. The Hall–Kier alpha value is -2.36. The molecule has 0 fully saturated rings. The standard InChI is InChI=1S/C16H20N4/c1-10-5-6-13(12(3)9-10)20(4)16-14(15(17)18)11(2)7-8-19-16/h5-9H,1-4H3,(H3,17,18). The molecule has 0 aliphatic carbocycles. The molecule has 0 spiro atoms. The third-order valence-electron chi connectivity index (χ3n) is 3.44. The van der Waals surface area contributed by atoms with Gasteiger partial charge in [0.1, 0.15) is 11.7 Å². The van der Waals surface area contributed by atoms with Crippen LogP contribution in [-0.2, 0) is 0 Å². The first kappa shape index (κ1) is 14.1. The van der Waals surface area contributed by atoms with Crippen molar-refractivity contribution in [3.05, 3.63) is 52.7 Å². The number of nitrogens with one attached hydrogen (secondary N) is 1. The van der Waals surface area contributed by atoms with Crippen molar-refractivity contribution in [2.24, 2.45) is 5.73 Å². The Kier molecular flexibility index (Phi) is 3.74. The van der Waals surface area contributed by atoms with Gasteiger partial charge in [-0.3, -0.25) is 5.41 Å². The quantitative estimate of drug-likeness (QED) is 0.664. The molecule has 0 aliphatic rings. The summed E-state index contributed by atoms with van der Waals surface area (Å²) < 4.78 is 0. The molecule has 0 atom stereocenters. The Morgan fingerprint density at radius 1 is 1.15 bits per heavy atom. The maximum atomic E-state index is 7.77. The number of nitrogen functional groups attached to an aromatic ring is 1. The van der Waals surface area contributed by atoms with E-state index in [1.807, 2.05) is 24.9 Å². The Balaban J connectivity index is 2.56. The van der Waals surface area contributed by atoms with Crippen molar-refractivity contribution in [1.82, 2.24) is 4.98 Å². The minimum Gasteiger partial charge on any atom is -0.384 e. The Bertz CT molecular complexity index is 662. The zero-order valence-electron chi connectivity index (χ0n) is 12.4. The van der Waals surface area contributed by atoms with E-state index in [0.29, 0.717) is 11.4 Å². The summed E-state index contributed by atoms with van der Waals surface area (Å²) in [4.78, 5) is 6.39. The third-order valence-corrected chi connectivity index (χ3v) is 3.44. The molecule has 1 aromatic heterocycles. The van der Waals surface area contributed by atoms with Gasteiger partial charge in [0.2, 0.25) is 0 Å². The number of amidine groups is 1. The monoisotopic (exact) mass is 268 g/mol. The van der Waals surface area contributed by atoms with Gasteiger partial charge < -0.3 is 10.6 Å². The molecule has 2 aromatic rings. The SMILES string of the molecule is Cc1ccc(N(C)c2nccc(C)c2C(=N)N)c(C)c1. The summed E-state index contributed by atoms with van der Waals surface area (Å²) in [6.45, 7) is 6.09. The first-order valence-electron chi connectivity index (χ1n) is 6.52. The number of rotatable bonds is 3. The molecular weight excluding hydrogens is 248 g/mol. The fourth-order valence-electron chi connectivity index (χ4n) is 2.43. The molecule has 4 heteroatoms. The van der Waals surface area contributed by atoms with Crippen molar-refractivity contribution in [3.8, 4) is 0 Å². The second-order valence-corrected chi connectivity index (χ2v) is 5.09. The first-order chi connectivity index (χ1) is 9.41. The Labute approximate surface area is 119 Å². The lowest BCUT2D eigenvalue weighted by molar-refractivity contribution is 1.09. The van der Waals surface area contributed by atoms with Crippen molar-refractivity contribution in [2.45, 2.75) is 20.8 Å². The summed E-state index contributed by atoms with van der Waals surface area (Å²) in [6.07, 6.45) is 1.75.